The van der Waals surface area contributed by atoms with Crippen molar-refractivity contribution in [3.05, 3.63) is 11.1 Å². The number of amides is 1. The van der Waals surface area contributed by atoms with Gasteiger partial charge in [-0.2, -0.15) is 0 Å². The van der Waals surface area contributed by atoms with Gasteiger partial charge in [-0.05, 0) is 26.8 Å². The fraction of sp³-hybridized carbons (Fsp3) is 0.692. The van der Waals surface area contributed by atoms with Crippen molar-refractivity contribution >= 4 is 22.4 Å². The average molecular weight is 283 g/mol. The van der Waals surface area contributed by atoms with E-state index in [4.69, 9.17) is 4.74 Å². The molecule has 6 heteroatoms. The molecule has 0 aromatic carbocycles. The molecule has 1 aliphatic heterocycles. The Balaban J connectivity index is 1.97. The Labute approximate surface area is 117 Å². The minimum Gasteiger partial charge on any atom is -0.377 e. The zero-order chi connectivity index (χ0) is 13.8. The molecule has 0 bridgehead atoms. The molecular formula is C13H21N3O2S. The SMILES string of the molecule is CCC1OCCC1C(=O)Nc1nc(C(C)NC)cs1. The third-order valence-corrected chi connectivity index (χ3v) is 4.35. The maximum atomic E-state index is 12.2. The lowest BCUT2D eigenvalue weighted by Gasteiger charge is -2.15. The minimum atomic E-state index is -0.0425. The van der Waals surface area contributed by atoms with E-state index in [1.54, 1.807) is 0 Å². The summed E-state index contributed by atoms with van der Waals surface area (Å²) in [5, 5.41) is 8.68. The molecule has 5 nitrogen and oxygen atoms in total. The number of carbonyl (C=O) groups excluding carboxylic acids is 1. The first kappa shape index (κ1) is 14.4. The van der Waals surface area contributed by atoms with E-state index in [1.165, 1.54) is 11.3 Å². The van der Waals surface area contributed by atoms with Gasteiger partial charge in [0.25, 0.3) is 0 Å². The molecule has 2 heterocycles. The van der Waals surface area contributed by atoms with Crippen LogP contribution in [0.4, 0.5) is 5.13 Å². The number of thiazole rings is 1. The van der Waals surface area contributed by atoms with Crippen molar-refractivity contribution in [1.29, 1.82) is 0 Å². The van der Waals surface area contributed by atoms with Crippen molar-refractivity contribution in [2.45, 2.75) is 38.8 Å². The van der Waals surface area contributed by atoms with Crippen LogP contribution in [-0.4, -0.2) is 30.6 Å². The number of nitrogens with zero attached hydrogens (tertiary/aromatic N) is 1. The fourth-order valence-corrected chi connectivity index (χ4v) is 3.05. The predicted octanol–water partition coefficient (Wildman–Crippen LogP) is 2.18. The number of carbonyl (C=O) groups is 1. The van der Waals surface area contributed by atoms with Gasteiger partial charge in [-0.1, -0.05) is 6.92 Å². The summed E-state index contributed by atoms with van der Waals surface area (Å²) in [5.74, 6) is -0.0126. The normalized spacial score (nSPS) is 24.4. The molecule has 1 amide bonds. The first-order valence-electron chi connectivity index (χ1n) is 6.70. The van der Waals surface area contributed by atoms with Gasteiger partial charge in [0.2, 0.25) is 5.91 Å². The molecule has 0 radical (unpaired) electrons. The highest BCUT2D eigenvalue weighted by atomic mass is 32.1. The van der Waals surface area contributed by atoms with E-state index in [9.17, 15) is 4.79 Å². The highest BCUT2D eigenvalue weighted by Crippen LogP contribution is 2.26. The number of aromatic nitrogens is 1. The van der Waals surface area contributed by atoms with Crippen LogP contribution in [0, 0.1) is 5.92 Å². The van der Waals surface area contributed by atoms with Crippen LogP contribution < -0.4 is 10.6 Å². The van der Waals surface area contributed by atoms with Crippen LogP contribution >= 0.6 is 11.3 Å². The number of rotatable bonds is 5. The van der Waals surface area contributed by atoms with Crippen LogP contribution in [0.3, 0.4) is 0 Å². The maximum Gasteiger partial charge on any atom is 0.231 e. The minimum absolute atomic E-state index is 0.0300. The second kappa shape index (κ2) is 6.45. The Morgan fingerprint density at radius 1 is 1.68 bits per heavy atom. The monoisotopic (exact) mass is 283 g/mol. The molecule has 106 valence electrons. The summed E-state index contributed by atoms with van der Waals surface area (Å²) in [6, 6.07) is 0.195. The number of anilines is 1. The van der Waals surface area contributed by atoms with Gasteiger partial charge >= 0.3 is 0 Å². The largest absolute Gasteiger partial charge is 0.377 e. The summed E-state index contributed by atoms with van der Waals surface area (Å²) in [6.45, 7) is 4.77. The van der Waals surface area contributed by atoms with Gasteiger partial charge in [0, 0.05) is 18.0 Å². The van der Waals surface area contributed by atoms with Gasteiger partial charge in [0.1, 0.15) is 0 Å². The predicted molar refractivity (Wildman–Crippen MR) is 76.4 cm³/mol. The number of hydrogen-bond donors (Lipinski definition) is 2. The highest BCUT2D eigenvalue weighted by Gasteiger charge is 2.33. The van der Waals surface area contributed by atoms with Gasteiger partial charge in [-0.3, -0.25) is 4.79 Å². The van der Waals surface area contributed by atoms with Crippen molar-refractivity contribution in [3.8, 4) is 0 Å². The van der Waals surface area contributed by atoms with E-state index in [0.29, 0.717) is 11.7 Å². The van der Waals surface area contributed by atoms with Crippen LogP contribution in [0.1, 0.15) is 38.4 Å². The van der Waals surface area contributed by atoms with Crippen LogP contribution in [-0.2, 0) is 9.53 Å². The van der Waals surface area contributed by atoms with Gasteiger partial charge in [0.15, 0.2) is 5.13 Å². The molecule has 1 fully saturated rings. The Kier molecular flexibility index (Phi) is 4.90. The van der Waals surface area contributed by atoms with E-state index in [-0.39, 0.29) is 24.0 Å². The van der Waals surface area contributed by atoms with Gasteiger partial charge in [0.05, 0.1) is 17.7 Å². The number of nitrogens with one attached hydrogen (secondary N) is 2. The van der Waals surface area contributed by atoms with Crippen molar-refractivity contribution < 1.29 is 9.53 Å². The zero-order valence-electron chi connectivity index (χ0n) is 11.6. The summed E-state index contributed by atoms with van der Waals surface area (Å²) >= 11 is 1.47. The molecule has 0 aliphatic carbocycles. The summed E-state index contributed by atoms with van der Waals surface area (Å²) in [4.78, 5) is 16.6. The third-order valence-electron chi connectivity index (χ3n) is 3.58. The first-order chi connectivity index (χ1) is 9.15. The quantitative estimate of drug-likeness (QED) is 0.869. The molecule has 1 aliphatic rings. The molecule has 2 N–H and O–H groups in total. The third kappa shape index (κ3) is 3.32. The second-order valence-electron chi connectivity index (χ2n) is 4.79. The number of hydrogen-bond acceptors (Lipinski definition) is 5. The van der Waals surface area contributed by atoms with E-state index in [2.05, 4.69) is 15.6 Å². The maximum absolute atomic E-state index is 12.2. The zero-order valence-corrected chi connectivity index (χ0v) is 12.4. The summed E-state index contributed by atoms with van der Waals surface area (Å²) < 4.78 is 5.55. The second-order valence-corrected chi connectivity index (χ2v) is 5.65. The summed E-state index contributed by atoms with van der Waals surface area (Å²) in [6.07, 6.45) is 1.73. The Morgan fingerprint density at radius 2 is 2.47 bits per heavy atom. The molecule has 0 saturated carbocycles. The highest BCUT2D eigenvalue weighted by molar-refractivity contribution is 7.13. The van der Waals surface area contributed by atoms with E-state index in [0.717, 1.165) is 18.5 Å². The Hall–Kier alpha value is -0.980. The molecule has 2 rings (SSSR count). The molecule has 1 aromatic heterocycles. The topological polar surface area (TPSA) is 63.2 Å². The first-order valence-corrected chi connectivity index (χ1v) is 7.58. The van der Waals surface area contributed by atoms with Crippen LogP contribution in [0.25, 0.3) is 0 Å². The molecule has 3 unspecified atom stereocenters. The van der Waals surface area contributed by atoms with Gasteiger partial charge < -0.3 is 15.4 Å². The lowest BCUT2D eigenvalue weighted by Crippen LogP contribution is -2.29. The van der Waals surface area contributed by atoms with E-state index in [1.807, 2.05) is 26.3 Å². The smallest absolute Gasteiger partial charge is 0.231 e. The molecule has 1 saturated heterocycles. The lowest BCUT2D eigenvalue weighted by atomic mass is 9.99. The van der Waals surface area contributed by atoms with Gasteiger partial charge in [-0.15, -0.1) is 11.3 Å². The summed E-state index contributed by atoms with van der Waals surface area (Å²) in [7, 11) is 1.89. The van der Waals surface area contributed by atoms with E-state index < -0.39 is 0 Å². The Morgan fingerprint density at radius 3 is 3.16 bits per heavy atom. The van der Waals surface area contributed by atoms with Crippen molar-refractivity contribution in [2.24, 2.45) is 5.92 Å². The standard InChI is InChI=1S/C13H21N3O2S/c1-4-11-9(5-6-18-11)12(17)16-13-15-10(7-19-13)8(2)14-3/h7-9,11,14H,4-6H2,1-3H3,(H,15,16,17). The van der Waals surface area contributed by atoms with Crippen molar-refractivity contribution in [3.63, 3.8) is 0 Å². The fourth-order valence-electron chi connectivity index (χ4n) is 2.24. The molecule has 19 heavy (non-hydrogen) atoms. The molecular weight excluding hydrogens is 262 g/mol. The molecule has 0 spiro atoms. The van der Waals surface area contributed by atoms with Crippen LogP contribution in [0.5, 0.6) is 0 Å². The molecule has 1 aromatic rings. The van der Waals surface area contributed by atoms with Crippen LogP contribution in [0.2, 0.25) is 0 Å². The van der Waals surface area contributed by atoms with E-state index >= 15 is 0 Å². The Bertz CT molecular complexity index is 435. The number of ether oxygens (including phenoxy) is 1. The van der Waals surface area contributed by atoms with Crippen molar-refractivity contribution in [2.75, 3.05) is 19.0 Å². The summed E-state index contributed by atoms with van der Waals surface area (Å²) in [5.41, 5.74) is 0.956. The average Bonchev–Trinajstić information content (AvgIpc) is 3.05. The molecule has 3 atom stereocenters. The van der Waals surface area contributed by atoms with Gasteiger partial charge in [-0.25, -0.2) is 4.98 Å². The van der Waals surface area contributed by atoms with Crippen LogP contribution in [0.15, 0.2) is 5.38 Å². The lowest BCUT2D eigenvalue weighted by molar-refractivity contribution is -0.121. The van der Waals surface area contributed by atoms with Crippen molar-refractivity contribution in [1.82, 2.24) is 10.3 Å².